The lowest BCUT2D eigenvalue weighted by atomic mass is 10.2. The van der Waals surface area contributed by atoms with Crippen LogP contribution in [0.15, 0.2) is 48.5 Å². The lowest BCUT2D eigenvalue weighted by Crippen LogP contribution is -2.19. The molecule has 0 aliphatic carbocycles. The Balaban J connectivity index is 2.04. The minimum atomic E-state index is -4.44. The molecule has 2 aromatic carbocycles. The third-order valence-electron chi connectivity index (χ3n) is 2.55. The highest BCUT2D eigenvalue weighted by Gasteiger charge is 2.30. The van der Waals surface area contributed by atoms with Crippen molar-refractivity contribution in [3.63, 3.8) is 0 Å². The number of anilines is 2. The van der Waals surface area contributed by atoms with E-state index in [1.807, 2.05) is 0 Å². The average molecular weight is 406 g/mol. The number of rotatable bonds is 2. The Kier molecular flexibility index (Phi) is 4.71. The van der Waals surface area contributed by atoms with E-state index in [0.717, 1.165) is 15.7 Å². The van der Waals surface area contributed by atoms with Crippen molar-refractivity contribution in [3.05, 3.63) is 57.7 Å². The van der Waals surface area contributed by atoms with Crippen LogP contribution in [0, 0.1) is 3.57 Å². The number of nitrogens with one attached hydrogen (secondary N) is 2. The largest absolute Gasteiger partial charge is 0.416 e. The molecule has 110 valence electrons. The zero-order chi connectivity index (χ0) is 15.5. The van der Waals surface area contributed by atoms with E-state index in [0.29, 0.717) is 5.69 Å². The number of carbonyl (C=O) groups excluding carboxylic acids is 1. The van der Waals surface area contributed by atoms with Crippen LogP contribution in [0.2, 0.25) is 0 Å². The number of alkyl halides is 3. The van der Waals surface area contributed by atoms with Crippen molar-refractivity contribution in [3.8, 4) is 0 Å². The van der Waals surface area contributed by atoms with Gasteiger partial charge in [-0.1, -0.05) is 6.07 Å². The monoisotopic (exact) mass is 406 g/mol. The number of carbonyl (C=O) groups is 1. The first-order valence-electron chi connectivity index (χ1n) is 5.85. The van der Waals surface area contributed by atoms with Gasteiger partial charge in [0, 0.05) is 14.9 Å². The second kappa shape index (κ2) is 6.33. The molecule has 0 unspecified atom stereocenters. The van der Waals surface area contributed by atoms with Gasteiger partial charge in [-0.3, -0.25) is 0 Å². The molecular formula is C14H10F3IN2O. The van der Waals surface area contributed by atoms with Crippen LogP contribution in [0.25, 0.3) is 0 Å². The molecule has 2 rings (SSSR count). The summed E-state index contributed by atoms with van der Waals surface area (Å²) in [7, 11) is 0. The summed E-state index contributed by atoms with van der Waals surface area (Å²) in [6, 6.07) is 10.9. The fourth-order valence-corrected chi connectivity index (χ4v) is 1.96. The number of amides is 2. The van der Waals surface area contributed by atoms with Gasteiger partial charge in [0.2, 0.25) is 0 Å². The smallest absolute Gasteiger partial charge is 0.308 e. The lowest BCUT2D eigenvalue weighted by molar-refractivity contribution is -0.137. The summed E-state index contributed by atoms with van der Waals surface area (Å²) in [6.07, 6.45) is -4.44. The minimum absolute atomic E-state index is 0.0767. The van der Waals surface area contributed by atoms with Gasteiger partial charge in [0.1, 0.15) is 0 Å². The molecule has 2 aromatic rings. The summed E-state index contributed by atoms with van der Waals surface area (Å²) in [6.45, 7) is 0. The van der Waals surface area contributed by atoms with Crippen molar-refractivity contribution in [1.29, 1.82) is 0 Å². The molecule has 2 N–H and O–H groups in total. The molecule has 0 bridgehead atoms. The van der Waals surface area contributed by atoms with Gasteiger partial charge in [0.05, 0.1) is 5.56 Å². The van der Waals surface area contributed by atoms with E-state index in [1.165, 1.54) is 12.1 Å². The van der Waals surface area contributed by atoms with Crippen molar-refractivity contribution in [1.82, 2.24) is 0 Å². The number of urea groups is 1. The van der Waals surface area contributed by atoms with Crippen molar-refractivity contribution < 1.29 is 18.0 Å². The molecule has 0 aliphatic rings. The first-order valence-corrected chi connectivity index (χ1v) is 6.93. The van der Waals surface area contributed by atoms with E-state index >= 15 is 0 Å². The highest BCUT2D eigenvalue weighted by molar-refractivity contribution is 14.1. The van der Waals surface area contributed by atoms with E-state index < -0.39 is 17.8 Å². The summed E-state index contributed by atoms with van der Waals surface area (Å²) in [5.74, 6) is 0. The van der Waals surface area contributed by atoms with Gasteiger partial charge in [0.25, 0.3) is 0 Å². The van der Waals surface area contributed by atoms with Crippen molar-refractivity contribution >= 4 is 40.0 Å². The molecule has 0 fully saturated rings. The maximum absolute atomic E-state index is 12.6. The van der Waals surface area contributed by atoms with Gasteiger partial charge >= 0.3 is 12.2 Å². The molecule has 0 saturated carbocycles. The molecular weight excluding hydrogens is 396 g/mol. The third kappa shape index (κ3) is 4.62. The van der Waals surface area contributed by atoms with Gasteiger partial charge < -0.3 is 10.6 Å². The first-order chi connectivity index (χ1) is 9.84. The quantitative estimate of drug-likeness (QED) is 0.681. The van der Waals surface area contributed by atoms with E-state index in [-0.39, 0.29) is 5.69 Å². The van der Waals surface area contributed by atoms with Crippen molar-refractivity contribution in [2.24, 2.45) is 0 Å². The predicted octanol–water partition coefficient (Wildman–Crippen LogP) is 4.95. The Hall–Kier alpha value is -1.77. The standard InChI is InChI=1S/C14H10F3IN2O/c15-14(16,17)9-2-1-3-12(8-9)20-13(21)19-11-6-4-10(18)5-7-11/h1-8H,(H2,19,20,21). The normalized spacial score (nSPS) is 11.0. The SMILES string of the molecule is O=C(Nc1ccc(I)cc1)Nc1cccc(C(F)(F)F)c1. The second-order valence-electron chi connectivity index (χ2n) is 4.16. The van der Waals surface area contributed by atoms with Crippen molar-refractivity contribution in [2.45, 2.75) is 6.18 Å². The van der Waals surface area contributed by atoms with Gasteiger partial charge in [-0.2, -0.15) is 13.2 Å². The Morgan fingerprint density at radius 2 is 1.57 bits per heavy atom. The number of halogens is 4. The molecule has 3 nitrogen and oxygen atoms in total. The fourth-order valence-electron chi connectivity index (χ4n) is 1.60. The molecule has 0 heterocycles. The van der Waals surface area contributed by atoms with Crippen LogP contribution < -0.4 is 10.6 Å². The van der Waals surface area contributed by atoms with Crippen LogP contribution in [0.4, 0.5) is 29.3 Å². The number of hydrogen-bond donors (Lipinski definition) is 2. The topological polar surface area (TPSA) is 41.1 Å². The van der Waals surface area contributed by atoms with E-state index in [2.05, 4.69) is 33.2 Å². The molecule has 2 amide bonds. The van der Waals surface area contributed by atoms with Gasteiger partial charge in [0.15, 0.2) is 0 Å². The highest BCUT2D eigenvalue weighted by Crippen LogP contribution is 2.30. The molecule has 7 heteroatoms. The number of hydrogen-bond acceptors (Lipinski definition) is 1. The average Bonchev–Trinajstić information content (AvgIpc) is 2.41. The van der Waals surface area contributed by atoms with Crippen LogP contribution in [-0.4, -0.2) is 6.03 Å². The Labute approximate surface area is 132 Å². The van der Waals surface area contributed by atoms with Crippen LogP contribution in [0.1, 0.15) is 5.56 Å². The van der Waals surface area contributed by atoms with E-state index in [1.54, 1.807) is 24.3 Å². The summed E-state index contributed by atoms with van der Waals surface area (Å²) in [4.78, 5) is 11.7. The molecule has 0 saturated heterocycles. The van der Waals surface area contributed by atoms with Gasteiger partial charge in [-0.05, 0) is 65.1 Å². The Morgan fingerprint density at radius 3 is 2.19 bits per heavy atom. The predicted molar refractivity (Wildman–Crippen MR) is 83.2 cm³/mol. The van der Waals surface area contributed by atoms with Gasteiger partial charge in [-0.15, -0.1) is 0 Å². The van der Waals surface area contributed by atoms with Crippen molar-refractivity contribution in [2.75, 3.05) is 10.6 Å². The second-order valence-corrected chi connectivity index (χ2v) is 5.41. The van der Waals surface area contributed by atoms with Crippen LogP contribution in [0.5, 0.6) is 0 Å². The van der Waals surface area contributed by atoms with E-state index in [9.17, 15) is 18.0 Å². The summed E-state index contributed by atoms with van der Waals surface area (Å²) in [5, 5.41) is 4.91. The maximum atomic E-state index is 12.6. The zero-order valence-electron chi connectivity index (χ0n) is 10.5. The molecule has 0 aromatic heterocycles. The zero-order valence-corrected chi connectivity index (χ0v) is 12.7. The molecule has 0 radical (unpaired) electrons. The minimum Gasteiger partial charge on any atom is -0.308 e. The lowest BCUT2D eigenvalue weighted by Gasteiger charge is -2.10. The molecule has 0 aliphatic heterocycles. The summed E-state index contributed by atoms with van der Waals surface area (Å²) >= 11 is 2.12. The fraction of sp³-hybridized carbons (Fsp3) is 0.0714. The maximum Gasteiger partial charge on any atom is 0.416 e. The van der Waals surface area contributed by atoms with Crippen LogP contribution in [0.3, 0.4) is 0 Å². The third-order valence-corrected chi connectivity index (χ3v) is 3.27. The molecule has 21 heavy (non-hydrogen) atoms. The molecule has 0 atom stereocenters. The summed E-state index contributed by atoms with van der Waals surface area (Å²) in [5.41, 5.74) is -0.178. The number of benzene rings is 2. The summed E-state index contributed by atoms with van der Waals surface area (Å²) < 4.78 is 38.7. The Bertz CT molecular complexity index is 641. The Morgan fingerprint density at radius 1 is 0.952 bits per heavy atom. The highest BCUT2D eigenvalue weighted by atomic mass is 127. The molecule has 0 spiro atoms. The first kappa shape index (κ1) is 15.6. The van der Waals surface area contributed by atoms with Crippen LogP contribution >= 0.6 is 22.6 Å². The van der Waals surface area contributed by atoms with Gasteiger partial charge in [-0.25, -0.2) is 4.79 Å². The van der Waals surface area contributed by atoms with Crippen LogP contribution in [-0.2, 0) is 6.18 Å². The van der Waals surface area contributed by atoms with E-state index in [4.69, 9.17) is 0 Å².